The van der Waals surface area contributed by atoms with Crippen LogP contribution in [0.4, 0.5) is 11.4 Å². The van der Waals surface area contributed by atoms with Gasteiger partial charge >= 0.3 is 5.97 Å². The molecule has 1 heterocycles. The molecule has 4 rings (SSSR count). The van der Waals surface area contributed by atoms with Crippen LogP contribution in [0.25, 0.3) is 10.8 Å². The molecular weight excluding hydrogens is 470 g/mol. The van der Waals surface area contributed by atoms with Crippen molar-refractivity contribution >= 4 is 50.0 Å². The molecule has 0 spiro atoms. The van der Waals surface area contributed by atoms with E-state index in [2.05, 4.69) is 38.0 Å². The third-order valence-corrected chi connectivity index (χ3v) is 6.63. The van der Waals surface area contributed by atoms with Crippen molar-refractivity contribution < 1.29 is 14.3 Å². The van der Waals surface area contributed by atoms with Crippen LogP contribution in [0.15, 0.2) is 59.1 Å². The Hall–Kier alpha value is -2.90. The predicted octanol–water partition coefficient (Wildman–Crippen LogP) is 4.78. The van der Waals surface area contributed by atoms with Crippen LogP contribution in [-0.4, -0.2) is 56.6 Å². The van der Waals surface area contributed by atoms with Crippen LogP contribution in [0.3, 0.4) is 0 Å². The number of likely N-dealkylation sites (N-methyl/N-ethyl adjacent to an activating group) is 1. The average molecular weight is 496 g/mol. The molecule has 0 atom stereocenters. The summed E-state index contributed by atoms with van der Waals surface area (Å²) in [6.07, 6.45) is 0. The summed E-state index contributed by atoms with van der Waals surface area (Å²) in [4.78, 5) is 30.1. The molecule has 6 nitrogen and oxygen atoms in total. The molecule has 1 fully saturated rings. The molecule has 1 saturated heterocycles. The van der Waals surface area contributed by atoms with E-state index < -0.39 is 5.97 Å². The van der Waals surface area contributed by atoms with Crippen molar-refractivity contribution in [1.82, 2.24) is 4.90 Å². The van der Waals surface area contributed by atoms with Gasteiger partial charge in [0, 0.05) is 36.2 Å². The second-order valence-electron chi connectivity index (χ2n) is 7.74. The maximum Gasteiger partial charge on any atom is 0.337 e. The van der Waals surface area contributed by atoms with E-state index in [4.69, 9.17) is 4.74 Å². The van der Waals surface area contributed by atoms with Crippen molar-refractivity contribution in [1.29, 1.82) is 0 Å². The summed E-state index contributed by atoms with van der Waals surface area (Å²) in [7, 11) is 1.35. The Kier molecular flexibility index (Phi) is 6.77. The summed E-state index contributed by atoms with van der Waals surface area (Å²) in [5.74, 6) is -0.652. The van der Waals surface area contributed by atoms with Crippen molar-refractivity contribution in [3.8, 4) is 0 Å². The van der Waals surface area contributed by atoms with E-state index in [0.29, 0.717) is 16.8 Å². The number of nitrogens with zero attached hydrogens (tertiary/aromatic N) is 2. The van der Waals surface area contributed by atoms with Crippen molar-refractivity contribution in [2.45, 2.75) is 6.92 Å². The van der Waals surface area contributed by atoms with Crippen LogP contribution in [0.1, 0.15) is 27.6 Å². The highest BCUT2D eigenvalue weighted by atomic mass is 79.9. The zero-order valence-corrected chi connectivity index (χ0v) is 19.8. The topological polar surface area (TPSA) is 61.9 Å². The third kappa shape index (κ3) is 4.49. The lowest BCUT2D eigenvalue weighted by molar-refractivity contribution is 0.0600. The molecule has 0 bridgehead atoms. The maximum absolute atomic E-state index is 13.4. The van der Waals surface area contributed by atoms with E-state index in [9.17, 15) is 9.59 Å². The van der Waals surface area contributed by atoms with Crippen molar-refractivity contribution in [3.63, 3.8) is 0 Å². The minimum atomic E-state index is -0.433. The lowest BCUT2D eigenvalue weighted by atomic mass is 10.0. The predicted molar refractivity (Wildman–Crippen MR) is 132 cm³/mol. The summed E-state index contributed by atoms with van der Waals surface area (Å²) in [6, 6.07) is 16.8. The van der Waals surface area contributed by atoms with Gasteiger partial charge in [0.2, 0.25) is 0 Å². The number of halogens is 1. The highest BCUT2D eigenvalue weighted by molar-refractivity contribution is 9.10. The van der Waals surface area contributed by atoms with E-state index in [-0.39, 0.29) is 5.91 Å². The first-order chi connectivity index (χ1) is 15.5. The molecule has 1 aliphatic heterocycles. The van der Waals surface area contributed by atoms with Gasteiger partial charge in [0.1, 0.15) is 0 Å². The van der Waals surface area contributed by atoms with Crippen molar-refractivity contribution in [3.05, 3.63) is 70.2 Å². The Morgan fingerprint density at radius 3 is 2.44 bits per heavy atom. The molecule has 0 radical (unpaired) electrons. The fraction of sp³-hybridized carbons (Fsp3) is 0.280. The van der Waals surface area contributed by atoms with E-state index >= 15 is 0 Å². The number of anilines is 2. The lowest BCUT2D eigenvalue weighted by Crippen LogP contribution is -2.46. The standard InChI is InChI=1S/C25H26BrN3O3/c1-3-28-12-14-29(15-13-28)23-11-10-17(25(31)32-2)16-22(23)27-24(30)20-8-4-7-19-18(20)6-5-9-21(19)26/h4-11,16H,3,12-15H2,1-2H3,(H,27,30). The summed E-state index contributed by atoms with van der Waals surface area (Å²) in [5, 5.41) is 4.90. The number of methoxy groups -OCH3 is 1. The van der Waals surface area contributed by atoms with Crippen LogP contribution in [0.2, 0.25) is 0 Å². The normalized spacial score (nSPS) is 14.4. The van der Waals surface area contributed by atoms with Gasteiger partial charge in [-0.1, -0.05) is 47.1 Å². The Bertz CT molecular complexity index is 1160. The van der Waals surface area contributed by atoms with Crippen LogP contribution < -0.4 is 10.2 Å². The number of ether oxygens (including phenoxy) is 1. The second-order valence-corrected chi connectivity index (χ2v) is 8.59. The van der Waals surface area contributed by atoms with Gasteiger partial charge in [0.15, 0.2) is 0 Å². The number of rotatable bonds is 5. The van der Waals surface area contributed by atoms with Gasteiger partial charge in [-0.3, -0.25) is 4.79 Å². The monoisotopic (exact) mass is 495 g/mol. The molecule has 3 aromatic rings. The minimum absolute atomic E-state index is 0.218. The number of fused-ring (bicyclic) bond motifs is 1. The Balaban J connectivity index is 1.69. The molecule has 0 aromatic heterocycles. The average Bonchev–Trinajstić information content (AvgIpc) is 2.83. The zero-order chi connectivity index (χ0) is 22.7. The summed E-state index contributed by atoms with van der Waals surface area (Å²) < 4.78 is 5.83. The maximum atomic E-state index is 13.4. The largest absolute Gasteiger partial charge is 0.465 e. The fourth-order valence-electron chi connectivity index (χ4n) is 4.12. The first-order valence-electron chi connectivity index (χ1n) is 10.7. The number of benzene rings is 3. The van der Waals surface area contributed by atoms with Crippen molar-refractivity contribution in [2.24, 2.45) is 0 Å². The van der Waals surface area contributed by atoms with Gasteiger partial charge in [0.05, 0.1) is 24.0 Å². The number of piperazine rings is 1. The molecule has 3 aromatic carbocycles. The van der Waals surface area contributed by atoms with E-state index in [1.54, 1.807) is 12.1 Å². The Labute approximate surface area is 196 Å². The van der Waals surface area contributed by atoms with Gasteiger partial charge in [0.25, 0.3) is 5.91 Å². The molecule has 7 heteroatoms. The molecular formula is C25H26BrN3O3. The van der Waals surface area contributed by atoms with E-state index in [0.717, 1.165) is 53.7 Å². The number of nitrogens with one attached hydrogen (secondary N) is 1. The number of amides is 1. The van der Waals surface area contributed by atoms with Gasteiger partial charge in [-0.25, -0.2) is 4.79 Å². The van der Waals surface area contributed by atoms with Gasteiger partial charge < -0.3 is 19.9 Å². The smallest absolute Gasteiger partial charge is 0.337 e. The number of esters is 1. The molecule has 1 aliphatic rings. The Morgan fingerprint density at radius 1 is 1.00 bits per heavy atom. The minimum Gasteiger partial charge on any atom is -0.465 e. The van der Waals surface area contributed by atoms with Crippen LogP contribution in [-0.2, 0) is 4.74 Å². The Morgan fingerprint density at radius 2 is 1.72 bits per heavy atom. The molecule has 0 unspecified atom stereocenters. The number of hydrogen-bond acceptors (Lipinski definition) is 5. The van der Waals surface area contributed by atoms with Crippen LogP contribution in [0.5, 0.6) is 0 Å². The molecule has 0 aliphatic carbocycles. The summed E-state index contributed by atoms with van der Waals surface area (Å²) >= 11 is 3.56. The zero-order valence-electron chi connectivity index (χ0n) is 18.2. The SMILES string of the molecule is CCN1CCN(c2ccc(C(=O)OC)cc2NC(=O)c2cccc3c(Br)cccc23)CC1. The highest BCUT2D eigenvalue weighted by Gasteiger charge is 2.21. The van der Waals surface area contributed by atoms with E-state index in [1.807, 2.05) is 42.5 Å². The summed E-state index contributed by atoms with van der Waals surface area (Å²) in [5.41, 5.74) is 2.49. The van der Waals surface area contributed by atoms with Gasteiger partial charge in [-0.2, -0.15) is 0 Å². The van der Waals surface area contributed by atoms with Crippen LogP contribution >= 0.6 is 15.9 Å². The second kappa shape index (κ2) is 9.71. The number of carbonyl (C=O) groups excluding carboxylic acids is 2. The molecule has 1 amide bonds. The first kappa shape index (κ1) is 22.3. The highest BCUT2D eigenvalue weighted by Crippen LogP contribution is 2.31. The molecule has 1 N–H and O–H groups in total. The lowest BCUT2D eigenvalue weighted by Gasteiger charge is -2.36. The quantitative estimate of drug-likeness (QED) is 0.515. The fourth-order valence-corrected chi connectivity index (χ4v) is 4.62. The number of hydrogen-bond donors (Lipinski definition) is 1. The molecule has 166 valence electrons. The van der Waals surface area contributed by atoms with Crippen molar-refractivity contribution in [2.75, 3.05) is 50.1 Å². The van der Waals surface area contributed by atoms with Gasteiger partial charge in [-0.05, 0) is 47.6 Å². The van der Waals surface area contributed by atoms with Gasteiger partial charge in [-0.15, -0.1) is 0 Å². The molecule has 0 saturated carbocycles. The van der Waals surface area contributed by atoms with E-state index in [1.165, 1.54) is 7.11 Å². The third-order valence-electron chi connectivity index (χ3n) is 5.94. The number of carbonyl (C=O) groups is 2. The molecule has 32 heavy (non-hydrogen) atoms. The van der Waals surface area contributed by atoms with Crippen LogP contribution in [0, 0.1) is 0 Å². The first-order valence-corrected chi connectivity index (χ1v) is 11.5. The summed E-state index contributed by atoms with van der Waals surface area (Å²) in [6.45, 7) is 6.81.